The van der Waals surface area contributed by atoms with Crippen molar-refractivity contribution in [3.63, 3.8) is 0 Å². The topological polar surface area (TPSA) is 225 Å². The van der Waals surface area contributed by atoms with Crippen molar-refractivity contribution in [2.24, 2.45) is 0 Å². The molecule has 36 heavy (non-hydrogen) atoms. The summed E-state index contributed by atoms with van der Waals surface area (Å²) in [5, 5.41) is 72.5. The normalized spacial score (nSPS) is 38.4. The number of carbonyl (C=O) groups excluding carboxylic acids is 1. The van der Waals surface area contributed by atoms with Crippen LogP contribution in [0.5, 0.6) is 11.5 Å². The Balaban J connectivity index is 1.41. The van der Waals surface area contributed by atoms with Crippen LogP contribution in [0.3, 0.4) is 0 Å². The van der Waals surface area contributed by atoms with Crippen molar-refractivity contribution in [3.8, 4) is 11.5 Å². The highest BCUT2D eigenvalue weighted by atomic mass is 16.7. The van der Waals surface area contributed by atoms with Crippen LogP contribution in [0.2, 0.25) is 0 Å². The number of aliphatic hydroxyl groups is 5. The Morgan fingerprint density at radius 3 is 2.28 bits per heavy atom. The van der Waals surface area contributed by atoms with Gasteiger partial charge in [0.2, 0.25) is 12.2 Å². The Hall–Kier alpha value is -2.82. The van der Waals surface area contributed by atoms with Gasteiger partial charge in [-0.05, 0) is 30.7 Å². The van der Waals surface area contributed by atoms with E-state index in [1.165, 1.54) is 31.2 Å². The van der Waals surface area contributed by atoms with Crippen LogP contribution in [0.1, 0.15) is 12.5 Å². The molecule has 4 rings (SSSR count). The molecule has 1 aliphatic carbocycles. The SMILES string of the molecule is CC(=Cc1ccc(O[C@@H]2O[C@H](C(=O)O)[C@@H](O)[C@@H]2O)c(O)c1)C(=O)N[C@@H]1[C@H](O)[C@@H](O)[C@H]2OCO[C@H]2[C@@H]1O. The van der Waals surface area contributed by atoms with Gasteiger partial charge in [0.1, 0.15) is 49.5 Å². The number of fused-ring (bicyclic) bond motifs is 1. The minimum Gasteiger partial charge on any atom is -0.504 e. The van der Waals surface area contributed by atoms with Crippen LogP contribution in [0.4, 0.5) is 0 Å². The predicted octanol–water partition coefficient (Wildman–Crippen LogP) is -2.97. The summed E-state index contributed by atoms with van der Waals surface area (Å²) in [6.45, 7) is 1.29. The van der Waals surface area contributed by atoms with Crippen molar-refractivity contribution in [1.82, 2.24) is 5.32 Å². The molecule has 0 aromatic heterocycles. The minimum absolute atomic E-state index is 0.129. The van der Waals surface area contributed by atoms with Crippen molar-refractivity contribution in [2.45, 2.75) is 68.1 Å². The molecule has 2 aliphatic heterocycles. The summed E-state index contributed by atoms with van der Waals surface area (Å²) in [6.07, 6.45) is -11.3. The molecular weight excluding hydrogens is 486 g/mol. The molecule has 198 valence electrons. The van der Waals surface area contributed by atoms with Gasteiger partial charge in [0.15, 0.2) is 17.6 Å². The predicted molar refractivity (Wildman–Crippen MR) is 115 cm³/mol. The molecule has 14 heteroatoms. The Bertz CT molecular complexity index is 1030. The van der Waals surface area contributed by atoms with E-state index in [-0.39, 0.29) is 18.1 Å². The lowest BCUT2D eigenvalue weighted by Crippen LogP contribution is -2.67. The lowest BCUT2D eigenvalue weighted by Gasteiger charge is -2.41. The third-order valence-corrected chi connectivity index (χ3v) is 6.33. The molecule has 0 radical (unpaired) electrons. The van der Waals surface area contributed by atoms with Crippen molar-refractivity contribution in [3.05, 3.63) is 29.3 Å². The smallest absolute Gasteiger partial charge is 0.335 e. The minimum atomic E-state index is -1.72. The summed E-state index contributed by atoms with van der Waals surface area (Å²) in [5.74, 6) is -2.75. The largest absolute Gasteiger partial charge is 0.504 e. The number of aliphatic hydroxyl groups excluding tert-OH is 5. The molecule has 2 saturated heterocycles. The zero-order chi connectivity index (χ0) is 26.3. The average molecular weight is 513 g/mol. The van der Waals surface area contributed by atoms with Crippen LogP contribution in [0.25, 0.3) is 6.08 Å². The zero-order valence-corrected chi connectivity index (χ0v) is 18.9. The van der Waals surface area contributed by atoms with E-state index in [0.29, 0.717) is 5.56 Å². The van der Waals surface area contributed by atoms with Crippen molar-refractivity contribution < 1.29 is 64.3 Å². The van der Waals surface area contributed by atoms with Gasteiger partial charge in [-0.15, -0.1) is 0 Å². The number of carboxylic acid groups (broad SMARTS) is 1. The zero-order valence-electron chi connectivity index (χ0n) is 18.9. The van der Waals surface area contributed by atoms with Crippen molar-refractivity contribution in [1.29, 1.82) is 0 Å². The number of nitrogens with one attached hydrogen (secondary N) is 1. The lowest BCUT2D eigenvalue weighted by molar-refractivity contribution is -0.161. The van der Waals surface area contributed by atoms with Gasteiger partial charge in [0, 0.05) is 5.57 Å². The summed E-state index contributed by atoms with van der Waals surface area (Å²) in [6, 6.07) is 2.72. The highest BCUT2D eigenvalue weighted by Crippen LogP contribution is 2.33. The molecule has 1 aromatic carbocycles. The van der Waals surface area contributed by atoms with Crippen LogP contribution in [0.15, 0.2) is 23.8 Å². The van der Waals surface area contributed by atoms with E-state index in [4.69, 9.17) is 24.1 Å². The van der Waals surface area contributed by atoms with Gasteiger partial charge in [-0.1, -0.05) is 6.07 Å². The highest BCUT2D eigenvalue weighted by Gasteiger charge is 2.53. The number of hydrogen-bond acceptors (Lipinski definition) is 12. The molecule has 10 atom stereocenters. The quantitative estimate of drug-likeness (QED) is 0.178. The number of carbonyl (C=O) groups is 2. The first-order valence-electron chi connectivity index (χ1n) is 11.0. The van der Waals surface area contributed by atoms with Crippen LogP contribution >= 0.6 is 0 Å². The molecule has 1 amide bonds. The molecule has 8 N–H and O–H groups in total. The number of amides is 1. The molecule has 14 nitrogen and oxygen atoms in total. The van der Waals surface area contributed by atoms with E-state index in [1.807, 2.05) is 0 Å². The maximum absolute atomic E-state index is 12.7. The van der Waals surface area contributed by atoms with Crippen LogP contribution < -0.4 is 10.1 Å². The molecule has 1 saturated carbocycles. The summed E-state index contributed by atoms with van der Waals surface area (Å²) < 4.78 is 20.7. The Labute approximate surface area is 203 Å². The number of aromatic hydroxyl groups is 1. The molecule has 0 unspecified atom stereocenters. The third-order valence-electron chi connectivity index (χ3n) is 6.33. The van der Waals surface area contributed by atoms with Gasteiger partial charge in [0.05, 0.1) is 6.04 Å². The van der Waals surface area contributed by atoms with Crippen molar-refractivity contribution in [2.75, 3.05) is 6.79 Å². The van der Waals surface area contributed by atoms with E-state index < -0.39 is 78.8 Å². The number of hydrogen-bond donors (Lipinski definition) is 8. The Kier molecular flexibility index (Phi) is 7.49. The molecule has 3 aliphatic rings. The average Bonchev–Trinajstić information content (AvgIpc) is 3.43. The number of phenolic OH excluding ortho intramolecular Hbond substituents is 1. The van der Waals surface area contributed by atoms with Gasteiger partial charge in [0.25, 0.3) is 0 Å². The Morgan fingerprint density at radius 2 is 1.67 bits per heavy atom. The first-order chi connectivity index (χ1) is 17.0. The number of phenols is 1. The highest BCUT2D eigenvalue weighted by molar-refractivity contribution is 5.97. The van der Waals surface area contributed by atoms with Gasteiger partial charge in [-0.2, -0.15) is 0 Å². The van der Waals surface area contributed by atoms with Gasteiger partial charge in [-0.25, -0.2) is 4.79 Å². The van der Waals surface area contributed by atoms with Crippen LogP contribution in [0, 0.1) is 0 Å². The summed E-state index contributed by atoms with van der Waals surface area (Å²) in [5.41, 5.74) is 0.478. The third kappa shape index (κ3) is 4.89. The summed E-state index contributed by atoms with van der Waals surface area (Å²) in [7, 11) is 0. The molecule has 1 aromatic rings. The summed E-state index contributed by atoms with van der Waals surface area (Å²) >= 11 is 0. The van der Waals surface area contributed by atoms with Gasteiger partial charge >= 0.3 is 5.97 Å². The van der Waals surface area contributed by atoms with Gasteiger partial charge in [-0.3, -0.25) is 4.79 Å². The van der Waals surface area contributed by atoms with Crippen LogP contribution in [-0.2, 0) is 23.8 Å². The number of carboxylic acids is 1. The molecule has 3 fully saturated rings. The van der Waals surface area contributed by atoms with E-state index in [2.05, 4.69) is 5.32 Å². The first-order valence-corrected chi connectivity index (χ1v) is 11.0. The second-order valence-electron chi connectivity index (χ2n) is 8.77. The number of benzene rings is 1. The summed E-state index contributed by atoms with van der Waals surface area (Å²) in [4.78, 5) is 23.7. The monoisotopic (exact) mass is 513 g/mol. The number of ether oxygens (including phenoxy) is 4. The maximum Gasteiger partial charge on any atom is 0.335 e. The molecule has 0 bridgehead atoms. The fourth-order valence-corrected chi connectivity index (χ4v) is 4.33. The standard InChI is InChI=1S/C22H27NO13/c1-7(20(30)23-11-12(25)14(27)18-17(13(11)26)33-6-34-18)4-8-2-3-10(9(24)5-8)35-22-16(29)15(28)19(36-22)21(31)32/h2-5,11-19,22,24-29H,6H2,1H3,(H,23,30)(H,31,32)/t11-,12+,13-,14-,15+,16+,17+,18-,19+,22-/m1/s1. The van der Waals surface area contributed by atoms with Crippen LogP contribution in [-0.4, -0.2) is 116 Å². The van der Waals surface area contributed by atoms with E-state index in [0.717, 1.165) is 0 Å². The molecular formula is C22H27NO13. The fourth-order valence-electron chi connectivity index (χ4n) is 4.33. The first kappa shape index (κ1) is 26.2. The van der Waals surface area contributed by atoms with E-state index >= 15 is 0 Å². The number of rotatable bonds is 6. The van der Waals surface area contributed by atoms with E-state index in [9.17, 15) is 40.2 Å². The lowest BCUT2D eigenvalue weighted by atomic mass is 9.83. The number of aliphatic carboxylic acids is 1. The Morgan fingerprint density at radius 1 is 1.00 bits per heavy atom. The van der Waals surface area contributed by atoms with Crippen molar-refractivity contribution >= 4 is 18.0 Å². The van der Waals surface area contributed by atoms with Gasteiger partial charge < -0.3 is 60.0 Å². The van der Waals surface area contributed by atoms with E-state index in [1.54, 1.807) is 0 Å². The second-order valence-corrected chi connectivity index (χ2v) is 8.77. The molecule has 2 heterocycles. The second kappa shape index (κ2) is 10.3. The fraction of sp³-hybridized carbons (Fsp3) is 0.545. The molecule has 0 spiro atoms. The maximum atomic E-state index is 12.7.